The van der Waals surface area contributed by atoms with Crippen LogP contribution in [0.25, 0.3) is 0 Å². The number of hydrogen-bond acceptors (Lipinski definition) is 5. The molecule has 1 N–H and O–H groups in total. The highest BCUT2D eigenvalue weighted by atomic mass is 16.4. The number of carbonyl (C=O) groups excluding carboxylic acids is 1. The number of carbonyl (C=O) groups is 2. The Morgan fingerprint density at radius 3 is 2.67 bits per heavy atom. The number of rotatable bonds is 3. The minimum atomic E-state index is -1.03. The van der Waals surface area contributed by atoms with E-state index in [1.165, 1.54) is 0 Å². The Morgan fingerprint density at radius 1 is 1.39 bits per heavy atom. The van der Waals surface area contributed by atoms with Crippen LogP contribution < -0.4 is 5.01 Å². The molecule has 0 aromatic carbocycles. The maximum absolute atomic E-state index is 12.0. The summed E-state index contributed by atoms with van der Waals surface area (Å²) >= 11 is 0. The second-order valence-corrected chi connectivity index (χ2v) is 4.07. The van der Waals surface area contributed by atoms with Crippen LogP contribution >= 0.6 is 0 Å². The highest BCUT2D eigenvalue weighted by Gasteiger charge is 2.36. The Morgan fingerprint density at radius 2 is 2.11 bits per heavy atom. The van der Waals surface area contributed by atoms with E-state index in [2.05, 4.69) is 15.3 Å². The molecule has 0 bridgehead atoms. The molecule has 1 aliphatic rings. The van der Waals surface area contributed by atoms with E-state index in [-0.39, 0.29) is 12.3 Å². The van der Waals surface area contributed by atoms with Crippen LogP contribution in [0.4, 0.5) is 5.82 Å². The molecule has 18 heavy (non-hydrogen) atoms. The number of aryl methyl sites for hydroxylation is 1. The second-order valence-electron chi connectivity index (χ2n) is 4.07. The van der Waals surface area contributed by atoms with Crippen LogP contribution in [0.3, 0.4) is 0 Å². The monoisotopic (exact) mass is 248 g/mol. The van der Waals surface area contributed by atoms with Crippen molar-refractivity contribution in [2.75, 3.05) is 5.01 Å². The number of hydrazone groups is 1. The lowest BCUT2D eigenvalue weighted by molar-refractivity contribution is -0.139. The Balaban J connectivity index is 2.25. The molecule has 94 valence electrons. The summed E-state index contributed by atoms with van der Waals surface area (Å²) < 4.78 is 0. The van der Waals surface area contributed by atoms with Gasteiger partial charge >= 0.3 is 5.97 Å². The van der Waals surface area contributed by atoms with E-state index in [1.807, 2.05) is 0 Å². The zero-order valence-corrected chi connectivity index (χ0v) is 9.99. The van der Waals surface area contributed by atoms with Gasteiger partial charge in [0.15, 0.2) is 5.82 Å². The van der Waals surface area contributed by atoms with E-state index in [9.17, 15) is 9.59 Å². The molecule has 0 spiro atoms. The van der Waals surface area contributed by atoms with Gasteiger partial charge < -0.3 is 5.11 Å². The van der Waals surface area contributed by atoms with Gasteiger partial charge in [0.05, 0.1) is 18.0 Å². The molecular formula is C11H12N4O3. The van der Waals surface area contributed by atoms with Gasteiger partial charge in [-0.25, -0.2) is 0 Å². The number of hydrogen-bond donors (Lipinski definition) is 1. The molecule has 1 aromatic rings. The lowest BCUT2D eigenvalue weighted by Gasteiger charge is -2.11. The molecule has 0 fully saturated rings. The smallest absolute Gasteiger partial charge is 0.304 e. The number of carboxylic acid groups (broad SMARTS) is 1. The predicted octanol–water partition coefficient (Wildman–Crippen LogP) is 0.598. The maximum atomic E-state index is 12.0. The van der Waals surface area contributed by atoms with E-state index < -0.39 is 11.9 Å². The molecule has 0 saturated carbocycles. The van der Waals surface area contributed by atoms with Crippen molar-refractivity contribution in [1.29, 1.82) is 0 Å². The van der Waals surface area contributed by atoms with Gasteiger partial charge in [-0.2, -0.15) is 15.2 Å². The summed E-state index contributed by atoms with van der Waals surface area (Å²) in [4.78, 5) is 22.7. The van der Waals surface area contributed by atoms with Gasteiger partial charge in [0.1, 0.15) is 0 Å². The number of carboxylic acids is 1. The third-order valence-electron chi connectivity index (χ3n) is 2.65. The fourth-order valence-corrected chi connectivity index (χ4v) is 1.68. The third-order valence-corrected chi connectivity index (χ3v) is 2.65. The van der Waals surface area contributed by atoms with Crippen LogP contribution in [-0.4, -0.2) is 32.9 Å². The first-order valence-electron chi connectivity index (χ1n) is 5.40. The largest absolute Gasteiger partial charge is 0.481 e. The first kappa shape index (κ1) is 12.2. The number of aliphatic carboxylic acids is 1. The normalized spacial score (nSPS) is 19.0. The average molecular weight is 248 g/mol. The lowest BCUT2D eigenvalue weighted by atomic mass is 10.0. The van der Waals surface area contributed by atoms with E-state index in [0.29, 0.717) is 11.5 Å². The molecule has 2 heterocycles. The first-order chi connectivity index (χ1) is 8.49. The van der Waals surface area contributed by atoms with Crippen molar-refractivity contribution in [2.24, 2.45) is 11.0 Å². The number of nitrogens with zero attached hydrogens (tertiary/aromatic N) is 4. The minimum absolute atomic E-state index is 0.260. The van der Waals surface area contributed by atoms with Gasteiger partial charge in [-0.1, -0.05) is 0 Å². The van der Waals surface area contributed by atoms with Crippen molar-refractivity contribution in [3.63, 3.8) is 0 Å². The van der Waals surface area contributed by atoms with Gasteiger partial charge in [-0.15, -0.1) is 5.10 Å². The first-order valence-corrected chi connectivity index (χ1v) is 5.40. The summed E-state index contributed by atoms with van der Waals surface area (Å²) in [7, 11) is 0. The molecule has 1 amide bonds. The van der Waals surface area contributed by atoms with Crippen molar-refractivity contribution in [3.05, 3.63) is 17.8 Å². The van der Waals surface area contributed by atoms with Gasteiger partial charge in [0, 0.05) is 5.71 Å². The van der Waals surface area contributed by atoms with Crippen molar-refractivity contribution >= 4 is 23.4 Å². The van der Waals surface area contributed by atoms with Crippen molar-refractivity contribution < 1.29 is 14.7 Å². The van der Waals surface area contributed by atoms with Gasteiger partial charge in [0.2, 0.25) is 0 Å². The van der Waals surface area contributed by atoms with Crippen LogP contribution in [0.2, 0.25) is 0 Å². The summed E-state index contributed by atoms with van der Waals surface area (Å²) in [6.07, 6.45) is -0.260. The number of anilines is 1. The topological polar surface area (TPSA) is 95.8 Å². The van der Waals surface area contributed by atoms with Crippen LogP contribution in [-0.2, 0) is 9.59 Å². The summed E-state index contributed by atoms with van der Waals surface area (Å²) in [5, 5.41) is 21.6. The Hall–Kier alpha value is -2.31. The molecule has 0 aliphatic carbocycles. The maximum Gasteiger partial charge on any atom is 0.304 e. The van der Waals surface area contributed by atoms with E-state index in [1.54, 1.807) is 26.0 Å². The molecule has 1 atom stereocenters. The van der Waals surface area contributed by atoms with Gasteiger partial charge in [-0.05, 0) is 26.0 Å². The zero-order chi connectivity index (χ0) is 13.3. The highest BCUT2D eigenvalue weighted by molar-refractivity contribution is 6.15. The molecule has 1 unspecified atom stereocenters. The van der Waals surface area contributed by atoms with E-state index in [4.69, 9.17) is 5.11 Å². The van der Waals surface area contributed by atoms with Crippen molar-refractivity contribution in [2.45, 2.75) is 20.3 Å². The fraction of sp³-hybridized carbons (Fsp3) is 0.364. The zero-order valence-electron chi connectivity index (χ0n) is 9.99. The van der Waals surface area contributed by atoms with Crippen molar-refractivity contribution in [1.82, 2.24) is 10.2 Å². The summed E-state index contributed by atoms with van der Waals surface area (Å²) in [5.74, 6) is -1.82. The van der Waals surface area contributed by atoms with Crippen LogP contribution in [0.5, 0.6) is 0 Å². The average Bonchev–Trinajstić information content (AvgIpc) is 2.58. The Labute approximate surface area is 103 Å². The second kappa shape index (κ2) is 4.52. The van der Waals surface area contributed by atoms with E-state index >= 15 is 0 Å². The molecule has 7 nitrogen and oxygen atoms in total. The third kappa shape index (κ3) is 2.20. The van der Waals surface area contributed by atoms with Gasteiger partial charge in [0.25, 0.3) is 5.91 Å². The number of aromatic nitrogens is 2. The molecule has 0 radical (unpaired) electrons. The molecule has 1 aromatic heterocycles. The molecule has 0 saturated heterocycles. The lowest BCUT2D eigenvalue weighted by Crippen LogP contribution is -2.29. The molecular weight excluding hydrogens is 236 g/mol. The summed E-state index contributed by atoms with van der Waals surface area (Å²) in [6.45, 7) is 3.41. The van der Waals surface area contributed by atoms with Gasteiger partial charge in [-0.3, -0.25) is 9.59 Å². The summed E-state index contributed by atoms with van der Waals surface area (Å²) in [5.41, 5.74) is 1.21. The fourth-order valence-electron chi connectivity index (χ4n) is 1.68. The Kier molecular flexibility index (Phi) is 3.05. The van der Waals surface area contributed by atoms with Crippen LogP contribution in [0.1, 0.15) is 19.0 Å². The number of amides is 1. The standard InChI is InChI=1S/C11H12N4O3/c1-6-3-4-9(13-12-6)15-11(18)8(5-10(16)17)7(2)14-15/h3-4,8H,5H2,1-2H3,(H,16,17). The quantitative estimate of drug-likeness (QED) is 0.844. The Bertz CT molecular complexity index is 524. The highest BCUT2D eigenvalue weighted by Crippen LogP contribution is 2.23. The molecule has 2 rings (SSSR count). The van der Waals surface area contributed by atoms with Crippen LogP contribution in [0, 0.1) is 12.8 Å². The van der Waals surface area contributed by atoms with Crippen molar-refractivity contribution in [3.8, 4) is 0 Å². The molecule has 1 aliphatic heterocycles. The predicted molar refractivity (Wildman–Crippen MR) is 63.1 cm³/mol. The molecule has 7 heteroatoms. The summed E-state index contributed by atoms with van der Waals surface area (Å²) in [6, 6.07) is 3.34. The van der Waals surface area contributed by atoms with Crippen LogP contribution in [0.15, 0.2) is 17.2 Å². The van der Waals surface area contributed by atoms with E-state index in [0.717, 1.165) is 10.7 Å². The SMILES string of the molecule is CC1=NN(c2ccc(C)nn2)C(=O)C1CC(=O)O. The minimum Gasteiger partial charge on any atom is -0.481 e.